The summed E-state index contributed by atoms with van der Waals surface area (Å²) in [5.41, 5.74) is 0. The van der Waals surface area contributed by atoms with Gasteiger partial charge in [-0.05, 0) is 19.8 Å². The molecule has 4 nitrogen and oxygen atoms in total. The summed E-state index contributed by atoms with van der Waals surface area (Å²) in [6.45, 7) is 1.75. The van der Waals surface area contributed by atoms with E-state index in [0.29, 0.717) is 12.8 Å². The highest BCUT2D eigenvalue weighted by molar-refractivity contribution is 5.83. The fourth-order valence-electron chi connectivity index (χ4n) is 1.28. The van der Waals surface area contributed by atoms with Crippen molar-refractivity contribution in [3.05, 3.63) is 12.2 Å². The van der Waals surface area contributed by atoms with Crippen molar-refractivity contribution in [2.75, 3.05) is 6.61 Å². The molecule has 1 N–H and O–H groups in total. The summed E-state index contributed by atoms with van der Waals surface area (Å²) in [5, 5.41) is 1.79. The molecule has 0 aliphatic carbocycles. The molecule has 1 amide bonds. The van der Waals surface area contributed by atoms with Crippen LogP contribution < -0.4 is 5.32 Å². The molecule has 7 heteroatoms. The smallest absolute Gasteiger partial charge is 0.463 e. The molecule has 1 atom stereocenters. The van der Waals surface area contributed by atoms with Gasteiger partial charge in [-0.3, -0.25) is 4.79 Å². The molecule has 0 aromatic rings. The second kappa shape index (κ2) is 9.02. The van der Waals surface area contributed by atoms with Crippen LogP contribution in [0.3, 0.4) is 0 Å². The van der Waals surface area contributed by atoms with Crippen molar-refractivity contribution in [2.24, 2.45) is 0 Å². The van der Waals surface area contributed by atoms with Gasteiger partial charge in [0.25, 0.3) is 0 Å². The normalized spacial score (nSPS) is 12.8. The first-order valence-electron chi connectivity index (χ1n) is 5.97. The van der Waals surface area contributed by atoms with Gasteiger partial charge in [-0.25, -0.2) is 4.79 Å². The molecular formula is C13H16F3NO3. The minimum absolute atomic E-state index is 0.153. The number of unbranched alkanes of at least 4 members (excludes halogenated alkanes) is 1. The highest BCUT2D eigenvalue weighted by Crippen LogP contribution is 2.15. The molecule has 0 saturated heterocycles. The minimum atomic E-state index is -4.97. The Morgan fingerprint density at radius 1 is 1.45 bits per heavy atom. The third-order valence-corrected chi connectivity index (χ3v) is 2.16. The van der Waals surface area contributed by atoms with E-state index < -0.39 is 24.1 Å². The lowest BCUT2D eigenvalue weighted by Crippen LogP contribution is -2.42. The summed E-state index contributed by atoms with van der Waals surface area (Å²) in [6.07, 6.45) is 3.21. The van der Waals surface area contributed by atoms with E-state index in [1.54, 1.807) is 12.2 Å². The first-order chi connectivity index (χ1) is 9.31. The number of hydrogen-bond donors (Lipinski definition) is 1. The van der Waals surface area contributed by atoms with E-state index in [9.17, 15) is 22.8 Å². The third-order valence-electron chi connectivity index (χ3n) is 2.16. The maximum absolute atomic E-state index is 12.2. The van der Waals surface area contributed by atoms with Crippen molar-refractivity contribution >= 4 is 11.9 Å². The second-order valence-electron chi connectivity index (χ2n) is 3.79. The Balaban J connectivity index is 4.60. The Bertz CT molecular complexity index is 397. The van der Waals surface area contributed by atoms with Crippen molar-refractivity contribution < 1.29 is 27.5 Å². The number of hydrogen-bond acceptors (Lipinski definition) is 3. The maximum Gasteiger partial charge on any atom is 0.471 e. The van der Waals surface area contributed by atoms with Gasteiger partial charge in [0.15, 0.2) is 0 Å². The van der Waals surface area contributed by atoms with Crippen molar-refractivity contribution in [3.8, 4) is 12.3 Å². The maximum atomic E-state index is 12.2. The van der Waals surface area contributed by atoms with Crippen LogP contribution in [0.4, 0.5) is 13.2 Å². The first-order valence-corrected chi connectivity index (χ1v) is 5.97. The predicted molar refractivity (Wildman–Crippen MR) is 66.4 cm³/mol. The zero-order chi connectivity index (χ0) is 15.6. The van der Waals surface area contributed by atoms with Gasteiger partial charge in [0, 0.05) is 18.5 Å². The summed E-state index contributed by atoms with van der Waals surface area (Å²) < 4.78 is 41.1. The Morgan fingerprint density at radius 2 is 2.10 bits per heavy atom. The van der Waals surface area contributed by atoms with Gasteiger partial charge >= 0.3 is 18.1 Å². The molecule has 0 radical (unpaired) electrons. The molecular weight excluding hydrogens is 275 g/mol. The van der Waals surface area contributed by atoms with E-state index >= 15 is 0 Å². The summed E-state index contributed by atoms with van der Waals surface area (Å²) >= 11 is 0. The molecule has 112 valence electrons. The number of carbonyl (C=O) groups is 2. The quantitative estimate of drug-likeness (QED) is 0.337. The molecule has 0 aromatic carbocycles. The number of nitrogens with one attached hydrogen (secondary N) is 1. The van der Waals surface area contributed by atoms with Crippen molar-refractivity contribution in [3.63, 3.8) is 0 Å². The van der Waals surface area contributed by atoms with Gasteiger partial charge in [0.05, 0.1) is 6.61 Å². The molecule has 0 unspecified atom stereocenters. The van der Waals surface area contributed by atoms with E-state index in [1.165, 1.54) is 0 Å². The van der Waals surface area contributed by atoms with Gasteiger partial charge in [-0.15, -0.1) is 12.3 Å². The number of terminal acetylenes is 1. The Morgan fingerprint density at radius 3 is 2.60 bits per heavy atom. The molecule has 0 heterocycles. The van der Waals surface area contributed by atoms with Crippen LogP contribution in [0.2, 0.25) is 0 Å². The van der Waals surface area contributed by atoms with Crippen LogP contribution in [-0.4, -0.2) is 30.7 Å². The fourth-order valence-corrected chi connectivity index (χ4v) is 1.28. The van der Waals surface area contributed by atoms with E-state index in [4.69, 9.17) is 6.42 Å². The van der Waals surface area contributed by atoms with Crippen LogP contribution in [0.1, 0.15) is 26.2 Å². The Labute approximate surface area is 115 Å². The van der Waals surface area contributed by atoms with Crippen LogP contribution in [0.25, 0.3) is 0 Å². The lowest BCUT2D eigenvalue weighted by molar-refractivity contribution is -0.174. The van der Waals surface area contributed by atoms with Gasteiger partial charge in [-0.1, -0.05) is 6.08 Å². The standard InChI is InChI=1S/C13H16F3NO3/c1-3-5-6-7-10(8-9-11(18)20-4-2)17-12(19)13(14,15)16/h1,8-10H,4-7H2,2H3,(H,17,19)/b9-8+/t10-/m1/s1. The summed E-state index contributed by atoms with van der Waals surface area (Å²) in [6, 6.07) is -0.929. The number of halogens is 3. The van der Waals surface area contributed by atoms with E-state index in [2.05, 4.69) is 10.7 Å². The van der Waals surface area contributed by atoms with E-state index in [1.807, 2.05) is 0 Å². The van der Waals surface area contributed by atoms with Crippen molar-refractivity contribution in [1.29, 1.82) is 0 Å². The minimum Gasteiger partial charge on any atom is -0.463 e. The topological polar surface area (TPSA) is 55.4 Å². The molecule has 0 rings (SSSR count). The second-order valence-corrected chi connectivity index (χ2v) is 3.79. The number of rotatable bonds is 7. The third kappa shape index (κ3) is 8.19. The Kier molecular flexibility index (Phi) is 8.13. The van der Waals surface area contributed by atoms with E-state index in [-0.39, 0.29) is 13.0 Å². The molecule has 0 aliphatic heterocycles. The monoisotopic (exact) mass is 291 g/mol. The fraction of sp³-hybridized carbons (Fsp3) is 0.538. The molecule has 0 bridgehead atoms. The van der Waals surface area contributed by atoms with Crippen LogP contribution in [0.5, 0.6) is 0 Å². The number of amides is 1. The van der Waals surface area contributed by atoms with Gasteiger partial charge in [-0.2, -0.15) is 13.2 Å². The van der Waals surface area contributed by atoms with Crippen LogP contribution in [-0.2, 0) is 14.3 Å². The predicted octanol–water partition coefficient (Wildman–Crippen LogP) is 1.96. The molecule has 0 saturated carbocycles. The van der Waals surface area contributed by atoms with Gasteiger partial charge in [0.2, 0.25) is 0 Å². The molecule has 0 spiro atoms. The zero-order valence-electron chi connectivity index (χ0n) is 11.0. The Hall–Kier alpha value is -1.97. The van der Waals surface area contributed by atoms with Gasteiger partial charge in [0.1, 0.15) is 0 Å². The highest BCUT2D eigenvalue weighted by atomic mass is 19.4. The number of carbonyl (C=O) groups excluding carboxylic acids is 2. The average molecular weight is 291 g/mol. The number of alkyl halides is 3. The molecule has 20 heavy (non-hydrogen) atoms. The SMILES string of the molecule is C#CCCC[C@H](/C=C/C(=O)OCC)NC(=O)C(F)(F)F. The van der Waals surface area contributed by atoms with Gasteiger partial charge < -0.3 is 10.1 Å². The summed E-state index contributed by atoms with van der Waals surface area (Å²) in [5.74, 6) is -0.402. The van der Waals surface area contributed by atoms with E-state index in [0.717, 1.165) is 12.2 Å². The molecule has 0 fully saturated rings. The average Bonchev–Trinajstić information content (AvgIpc) is 2.35. The lowest BCUT2D eigenvalue weighted by atomic mass is 10.1. The van der Waals surface area contributed by atoms with Crippen molar-refractivity contribution in [1.82, 2.24) is 5.32 Å². The summed E-state index contributed by atoms with van der Waals surface area (Å²) in [4.78, 5) is 21.9. The molecule has 0 aromatic heterocycles. The zero-order valence-corrected chi connectivity index (χ0v) is 11.0. The largest absolute Gasteiger partial charge is 0.471 e. The summed E-state index contributed by atoms with van der Waals surface area (Å²) in [7, 11) is 0. The molecule has 0 aliphatic rings. The lowest BCUT2D eigenvalue weighted by Gasteiger charge is -2.15. The van der Waals surface area contributed by atoms with Crippen molar-refractivity contribution in [2.45, 2.75) is 38.4 Å². The van der Waals surface area contributed by atoms with Crippen LogP contribution >= 0.6 is 0 Å². The van der Waals surface area contributed by atoms with Crippen LogP contribution in [0, 0.1) is 12.3 Å². The number of ether oxygens (including phenoxy) is 1. The number of esters is 1. The highest BCUT2D eigenvalue weighted by Gasteiger charge is 2.39. The van der Waals surface area contributed by atoms with Crippen LogP contribution in [0.15, 0.2) is 12.2 Å². The first kappa shape index (κ1) is 18.0.